The van der Waals surface area contributed by atoms with Crippen molar-refractivity contribution in [3.63, 3.8) is 0 Å². The average molecular weight is 157 g/mol. The second-order valence-corrected chi connectivity index (χ2v) is 3.14. The Bertz CT molecular complexity index is 147. The van der Waals surface area contributed by atoms with E-state index in [1.54, 1.807) is 0 Å². The molecule has 1 atom stereocenters. The highest BCUT2D eigenvalue weighted by Gasteiger charge is 2.20. The van der Waals surface area contributed by atoms with Gasteiger partial charge in [0.2, 0.25) is 0 Å². The van der Waals surface area contributed by atoms with E-state index in [0.717, 1.165) is 13.0 Å². The lowest BCUT2D eigenvalue weighted by atomic mass is 10.1. The van der Waals surface area contributed by atoms with E-state index in [1.807, 2.05) is 11.8 Å². The predicted molar refractivity (Wildman–Crippen MR) is 42.4 cm³/mol. The maximum Gasteiger partial charge on any atom is 0.146 e. The van der Waals surface area contributed by atoms with E-state index in [9.17, 15) is 4.79 Å². The number of ketones is 1. The van der Waals surface area contributed by atoms with Crippen LogP contribution in [0.3, 0.4) is 0 Å². The summed E-state index contributed by atoms with van der Waals surface area (Å²) >= 11 is 0. The molecule has 1 saturated heterocycles. The fraction of sp³-hybridized carbons (Fsp3) is 0.875. The van der Waals surface area contributed by atoms with Crippen LogP contribution in [0.15, 0.2) is 0 Å². The van der Waals surface area contributed by atoms with Gasteiger partial charge < -0.3 is 5.11 Å². The van der Waals surface area contributed by atoms with Crippen molar-refractivity contribution in [1.29, 1.82) is 0 Å². The lowest BCUT2D eigenvalue weighted by molar-refractivity contribution is -0.123. The van der Waals surface area contributed by atoms with E-state index in [1.165, 1.54) is 0 Å². The number of aliphatic hydroxyl groups excluding tert-OH is 1. The number of rotatable bonds is 2. The first-order valence-electron chi connectivity index (χ1n) is 4.10. The van der Waals surface area contributed by atoms with Crippen LogP contribution in [0.4, 0.5) is 0 Å². The first-order valence-corrected chi connectivity index (χ1v) is 4.10. The third-order valence-electron chi connectivity index (χ3n) is 2.17. The van der Waals surface area contributed by atoms with Gasteiger partial charge in [-0.2, -0.15) is 0 Å². The van der Waals surface area contributed by atoms with Crippen molar-refractivity contribution in [1.82, 2.24) is 4.90 Å². The van der Waals surface area contributed by atoms with E-state index in [2.05, 4.69) is 0 Å². The van der Waals surface area contributed by atoms with Crippen LogP contribution < -0.4 is 0 Å². The van der Waals surface area contributed by atoms with Gasteiger partial charge in [0.15, 0.2) is 0 Å². The highest BCUT2D eigenvalue weighted by Crippen LogP contribution is 2.08. The first-order chi connectivity index (χ1) is 5.24. The lowest BCUT2D eigenvalue weighted by Crippen LogP contribution is -2.43. The van der Waals surface area contributed by atoms with Crippen LogP contribution in [-0.2, 0) is 4.79 Å². The third-order valence-corrected chi connectivity index (χ3v) is 2.17. The van der Waals surface area contributed by atoms with E-state index in [0.29, 0.717) is 18.7 Å². The number of likely N-dealkylation sites (tertiary alicyclic amines) is 1. The molecule has 0 amide bonds. The molecule has 0 aromatic carbocycles. The quantitative estimate of drug-likeness (QED) is 0.615. The Balaban J connectivity index is 2.39. The van der Waals surface area contributed by atoms with Crippen molar-refractivity contribution in [2.75, 3.05) is 19.7 Å². The van der Waals surface area contributed by atoms with Gasteiger partial charge in [-0.1, -0.05) is 0 Å². The molecule has 0 bridgehead atoms. The Hall–Kier alpha value is -0.410. The van der Waals surface area contributed by atoms with E-state index in [-0.39, 0.29) is 12.6 Å². The minimum absolute atomic E-state index is 0.138. The molecule has 1 aliphatic heterocycles. The van der Waals surface area contributed by atoms with Crippen LogP contribution in [0.25, 0.3) is 0 Å². The van der Waals surface area contributed by atoms with Crippen LogP contribution in [0.2, 0.25) is 0 Å². The monoisotopic (exact) mass is 157 g/mol. The van der Waals surface area contributed by atoms with Crippen LogP contribution in [-0.4, -0.2) is 41.5 Å². The van der Waals surface area contributed by atoms with Gasteiger partial charge in [0.1, 0.15) is 5.78 Å². The molecule has 0 saturated carbocycles. The number of hydrogen-bond acceptors (Lipinski definition) is 3. The number of piperidine rings is 1. The molecule has 64 valence electrons. The van der Waals surface area contributed by atoms with Gasteiger partial charge in [-0.3, -0.25) is 9.69 Å². The van der Waals surface area contributed by atoms with Crippen molar-refractivity contribution in [2.45, 2.75) is 25.8 Å². The highest BCUT2D eigenvalue weighted by molar-refractivity contribution is 5.81. The maximum absolute atomic E-state index is 11.0. The Kier molecular flexibility index (Phi) is 3.02. The topological polar surface area (TPSA) is 40.5 Å². The van der Waals surface area contributed by atoms with Gasteiger partial charge in [-0.25, -0.2) is 0 Å². The fourth-order valence-corrected chi connectivity index (χ4v) is 1.36. The van der Waals surface area contributed by atoms with Gasteiger partial charge in [0, 0.05) is 12.5 Å². The Morgan fingerprint density at radius 1 is 1.73 bits per heavy atom. The number of aliphatic hydroxyl groups is 1. The number of carbonyl (C=O) groups excluding carboxylic acids is 1. The van der Waals surface area contributed by atoms with Gasteiger partial charge >= 0.3 is 0 Å². The summed E-state index contributed by atoms with van der Waals surface area (Å²) in [7, 11) is 0. The summed E-state index contributed by atoms with van der Waals surface area (Å²) in [6, 6.07) is 0.138. The minimum Gasteiger partial charge on any atom is -0.395 e. The summed E-state index contributed by atoms with van der Waals surface area (Å²) in [6.45, 7) is 3.57. The second-order valence-electron chi connectivity index (χ2n) is 3.14. The molecule has 1 unspecified atom stereocenters. The average Bonchev–Trinajstić information content (AvgIpc) is 2.03. The first kappa shape index (κ1) is 8.68. The summed E-state index contributed by atoms with van der Waals surface area (Å²) in [5, 5.41) is 8.82. The predicted octanol–water partition coefficient (Wildman–Crippen LogP) is 0.0321. The molecule has 1 heterocycles. The normalized spacial score (nSPS) is 23.6. The number of Topliss-reactive ketones (excluding diaryl/α,β-unsaturated/α-hetero) is 1. The van der Waals surface area contributed by atoms with Crippen LogP contribution in [0.1, 0.15) is 19.8 Å². The van der Waals surface area contributed by atoms with Crippen molar-refractivity contribution in [3.8, 4) is 0 Å². The van der Waals surface area contributed by atoms with Crippen molar-refractivity contribution in [2.24, 2.45) is 0 Å². The molecular weight excluding hydrogens is 142 g/mol. The van der Waals surface area contributed by atoms with Crippen molar-refractivity contribution < 1.29 is 9.90 Å². The molecule has 11 heavy (non-hydrogen) atoms. The molecule has 0 spiro atoms. The summed E-state index contributed by atoms with van der Waals surface area (Å²) in [6.07, 6.45) is 1.66. The molecule has 1 fully saturated rings. The zero-order chi connectivity index (χ0) is 8.27. The van der Waals surface area contributed by atoms with E-state index >= 15 is 0 Å². The molecule has 3 nitrogen and oxygen atoms in total. The fourth-order valence-electron chi connectivity index (χ4n) is 1.36. The minimum atomic E-state index is 0.138. The SMILES string of the molecule is CC(CO)N1CCCC(=O)C1. The second kappa shape index (κ2) is 3.83. The van der Waals surface area contributed by atoms with Gasteiger partial charge in [0.25, 0.3) is 0 Å². The van der Waals surface area contributed by atoms with Crippen molar-refractivity contribution >= 4 is 5.78 Å². The Morgan fingerprint density at radius 2 is 2.45 bits per heavy atom. The Labute approximate surface area is 67.0 Å². The zero-order valence-electron chi connectivity index (χ0n) is 6.92. The maximum atomic E-state index is 11.0. The molecule has 0 radical (unpaired) electrons. The van der Waals surface area contributed by atoms with Crippen LogP contribution >= 0.6 is 0 Å². The molecule has 3 heteroatoms. The standard InChI is InChI=1S/C8H15NO2/c1-7(6-10)9-4-2-3-8(11)5-9/h7,10H,2-6H2,1H3. The highest BCUT2D eigenvalue weighted by atomic mass is 16.3. The van der Waals surface area contributed by atoms with Crippen LogP contribution in [0, 0.1) is 0 Å². The van der Waals surface area contributed by atoms with E-state index < -0.39 is 0 Å². The zero-order valence-corrected chi connectivity index (χ0v) is 6.92. The molecular formula is C8H15NO2. The molecule has 1 rings (SSSR count). The largest absolute Gasteiger partial charge is 0.395 e. The summed E-state index contributed by atoms with van der Waals surface area (Å²) < 4.78 is 0. The third kappa shape index (κ3) is 2.27. The molecule has 0 aliphatic carbocycles. The Morgan fingerprint density at radius 3 is 3.00 bits per heavy atom. The van der Waals surface area contributed by atoms with E-state index in [4.69, 9.17) is 5.11 Å². The van der Waals surface area contributed by atoms with Crippen LogP contribution in [0.5, 0.6) is 0 Å². The molecule has 0 aromatic heterocycles. The van der Waals surface area contributed by atoms with Crippen molar-refractivity contribution in [3.05, 3.63) is 0 Å². The summed E-state index contributed by atoms with van der Waals surface area (Å²) in [4.78, 5) is 13.0. The summed E-state index contributed by atoms with van der Waals surface area (Å²) in [5.41, 5.74) is 0. The van der Waals surface area contributed by atoms with Gasteiger partial charge in [-0.05, 0) is 19.9 Å². The molecule has 1 aliphatic rings. The molecule has 1 N–H and O–H groups in total. The summed E-state index contributed by atoms with van der Waals surface area (Å²) in [5.74, 6) is 0.302. The number of carbonyl (C=O) groups is 1. The molecule has 0 aromatic rings. The smallest absolute Gasteiger partial charge is 0.146 e. The lowest BCUT2D eigenvalue weighted by Gasteiger charge is -2.30. The number of hydrogen-bond donors (Lipinski definition) is 1. The van der Waals surface area contributed by atoms with Gasteiger partial charge in [-0.15, -0.1) is 0 Å². The van der Waals surface area contributed by atoms with Gasteiger partial charge in [0.05, 0.1) is 13.2 Å². The number of nitrogens with zero attached hydrogens (tertiary/aromatic N) is 1.